The number of alkyl carbamates (subject to hydrolysis) is 1. The molecule has 2 rings (SSSR count). The smallest absolute Gasteiger partial charge is 0.407 e. The third-order valence-corrected chi connectivity index (χ3v) is 3.83. The Bertz CT molecular complexity index is 360. The van der Waals surface area contributed by atoms with Crippen LogP contribution in [0.3, 0.4) is 0 Å². The summed E-state index contributed by atoms with van der Waals surface area (Å²) in [7, 11) is 0. The van der Waals surface area contributed by atoms with Crippen LogP contribution in [-0.4, -0.2) is 28.8 Å². The van der Waals surface area contributed by atoms with E-state index in [9.17, 15) is 9.59 Å². The van der Waals surface area contributed by atoms with Crippen molar-refractivity contribution < 1.29 is 19.4 Å². The molecule has 2 aliphatic carbocycles. The summed E-state index contributed by atoms with van der Waals surface area (Å²) in [5.41, 5.74) is -0.520. The molecule has 5 nitrogen and oxygen atoms in total. The number of hydrogen-bond donors (Lipinski definition) is 2. The highest BCUT2D eigenvalue weighted by molar-refractivity contribution is 5.72. The molecule has 0 saturated heterocycles. The molecular formula is C13H21NO4. The second-order valence-corrected chi connectivity index (χ2v) is 6.43. The monoisotopic (exact) mass is 255 g/mol. The predicted molar refractivity (Wildman–Crippen MR) is 65.1 cm³/mol. The van der Waals surface area contributed by atoms with E-state index in [-0.39, 0.29) is 17.9 Å². The number of nitrogens with one attached hydrogen (secondary N) is 1. The van der Waals surface area contributed by atoms with E-state index in [0.717, 1.165) is 19.3 Å². The van der Waals surface area contributed by atoms with Crippen molar-refractivity contribution >= 4 is 12.1 Å². The van der Waals surface area contributed by atoms with Crippen LogP contribution < -0.4 is 5.32 Å². The molecule has 1 amide bonds. The minimum Gasteiger partial charge on any atom is -0.481 e. The summed E-state index contributed by atoms with van der Waals surface area (Å²) in [6.07, 6.45) is 2.11. The van der Waals surface area contributed by atoms with E-state index in [2.05, 4.69) is 5.32 Å². The minimum absolute atomic E-state index is 0.0419. The molecule has 2 bridgehead atoms. The molecule has 0 spiro atoms. The summed E-state index contributed by atoms with van der Waals surface area (Å²) >= 11 is 0. The zero-order valence-corrected chi connectivity index (χ0v) is 11.1. The van der Waals surface area contributed by atoms with Gasteiger partial charge in [-0.25, -0.2) is 4.79 Å². The van der Waals surface area contributed by atoms with Crippen LogP contribution in [0.15, 0.2) is 0 Å². The SMILES string of the molecule is CC(C)(C)OC(=O)N[C@@H]1C[C@H]2C[C@H]1[C@H](C(=O)O)C2. The summed E-state index contributed by atoms with van der Waals surface area (Å²) in [5, 5.41) is 12.0. The Hall–Kier alpha value is -1.26. The Morgan fingerprint density at radius 1 is 1.22 bits per heavy atom. The first kappa shape index (κ1) is 13.2. The molecule has 0 aliphatic heterocycles. The van der Waals surface area contributed by atoms with Crippen LogP contribution >= 0.6 is 0 Å². The van der Waals surface area contributed by atoms with Crippen LogP contribution in [0.25, 0.3) is 0 Å². The number of rotatable bonds is 2. The second-order valence-electron chi connectivity index (χ2n) is 6.43. The van der Waals surface area contributed by atoms with E-state index in [1.807, 2.05) is 20.8 Å². The molecule has 2 fully saturated rings. The molecule has 0 aromatic carbocycles. The lowest BCUT2D eigenvalue weighted by atomic mass is 9.85. The average molecular weight is 255 g/mol. The molecule has 2 aliphatic rings. The standard InChI is InChI=1S/C13H21NO4/c1-13(2,3)18-12(17)14-10-6-7-4-8(10)9(5-7)11(15)16/h7-10H,4-6H2,1-3H3,(H,14,17)(H,15,16)/t7-,8-,9+,10+/m0/s1. The number of carbonyl (C=O) groups excluding carboxylic acids is 1. The molecule has 0 aromatic heterocycles. The second kappa shape index (κ2) is 4.44. The zero-order chi connectivity index (χ0) is 13.5. The maximum atomic E-state index is 11.7. The van der Waals surface area contributed by atoms with E-state index in [1.165, 1.54) is 0 Å². The van der Waals surface area contributed by atoms with Gasteiger partial charge in [0.15, 0.2) is 0 Å². The van der Waals surface area contributed by atoms with Crippen molar-refractivity contribution in [3.05, 3.63) is 0 Å². The average Bonchev–Trinajstić information content (AvgIpc) is 2.72. The van der Waals surface area contributed by atoms with Gasteiger partial charge >= 0.3 is 12.1 Å². The summed E-state index contributed by atoms with van der Waals surface area (Å²) in [6.45, 7) is 5.44. The van der Waals surface area contributed by atoms with Gasteiger partial charge in [0.1, 0.15) is 5.60 Å². The molecule has 5 heteroatoms. The van der Waals surface area contributed by atoms with Gasteiger partial charge in [-0.3, -0.25) is 4.79 Å². The largest absolute Gasteiger partial charge is 0.481 e. The topological polar surface area (TPSA) is 75.6 Å². The number of carboxylic acids is 1. The molecule has 4 atom stereocenters. The number of fused-ring (bicyclic) bond motifs is 2. The Morgan fingerprint density at radius 2 is 1.89 bits per heavy atom. The fourth-order valence-corrected chi connectivity index (χ4v) is 3.26. The van der Waals surface area contributed by atoms with Crippen LogP contribution in [0.1, 0.15) is 40.0 Å². The first-order valence-corrected chi connectivity index (χ1v) is 6.48. The maximum absolute atomic E-state index is 11.7. The van der Waals surface area contributed by atoms with Gasteiger partial charge in [-0.1, -0.05) is 0 Å². The van der Waals surface area contributed by atoms with E-state index in [0.29, 0.717) is 5.92 Å². The summed E-state index contributed by atoms with van der Waals surface area (Å²) in [4.78, 5) is 22.8. The number of aliphatic carboxylic acids is 1. The first-order valence-electron chi connectivity index (χ1n) is 6.48. The molecular weight excluding hydrogens is 234 g/mol. The van der Waals surface area contributed by atoms with Gasteiger partial charge < -0.3 is 15.2 Å². The molecule has 0 aromatic rings. The van der Waals surface area contributed by atoms with Crippen molar-refractivity contribution in [1.82, 2.24) is 5.32 Å². The fraction of sp³-hybridized carbons (Fsp3) is 0.846. The van der Waals surface area contributed by atoms with Gasteiger partial charge in [-0.15, -0.1) is 0 Å². The summed E-state index contributed by atoms with van der Waals surface area (Å²) in [6, 6.07) is -0.0419. The van der Waals surface area contributed by atoms with Gasteiger partial charge in [0.05, 0.1) is 5.92 Å². The van der Waals surface area contributed by atoms with Gasteiger partial charge in [0.2, 0.25) is 0 Å². The van der Waals surface area contributed by atoms with Gasteiger partial charge in [-0.2, -0.15) is 0 Å². The number of hydrogen-bond acceptors (Lipinski definition) is 3. The van der Waals surface area contributed by atoms with E-state index in [1.54, 1.807) is 0 Å². The Balaban J connectivity index is 1.92. The highest BCUT2D eigenvalue weighted by Gasteiger charge is 2.49. The Labute approximate surface area is 107 Å². The molecule has 2 saturated carbocycles. The normalized spacial score (nSPS) is 34.4. The fourth-order valence-electron chi connectivity index (χ4n) is 3.26. The number of ether oxygens (including phenoxy) is 1. The van der Waals surface area contributed by atoms with Crippen LogP contribution in [0.5, 0.6) is 0 Å². The van der Waals surface area contributed by atoms with Crippen molar-refractivity contribution in [2.75, 3.05) is 0 Å². The maximum Gasteiger partial charge on any atom is 0.407 e. The predicted octanol–water partition coefficient (Wildman–Crippen LogP) is 2.01. The first-order chi connectivity index (χ1) is 8.26. The summed E-state index contributed by atoms with van der Waals surface area (Å²) in [5.74, 6) is -0.530. The number of amides is 1. The summed E-state index contributed by atoms with van der Waals surface area (Å²) < 4.78 is 5.21. The van der Waals surface area contributed by atoms with Crippen molar-refractivity contribution in [2.45, 2.75) is 51.7 Å². The lowest BCUT2D eigenvalue weighted by molar-refractivity contribution is -0.143. The highest BCUT2D eigenvalue weighted by Crippen LogP contribution is 2.48. The van der Waals surface area contributed by atoms with E-state index < -0.39 is 17.7 Å². The molecule has 0 heterocycles. The quantitative estimate of drug-likeness (QED) is 0.791. The van der Waals surface area contributed by atoms with Crippen LogP contribution in [0.2, 0.25) is 0 Å². The lowest BCUT2D eigenvalue weighted by Gasteiger charge is -2.29. The molecule has 18 heavy (non-hydrogen) atoms. The van der Waals surface area contributed by atoms with E-state index in [4.69, 9.17) is 9.84 Å². The lowest BCUT2D eigenvalue weighted by Crippen LogP contribution is -2.44. The molecule has 102 valence electrons. The molecule has 0 radical (unpaired) electrons. The van der Waals surface area contributed by atoms with Crippen molar-refractivity contribution in [1.29, 1.82) is 0 Å². The van der Waals surface area contributed by atoms with Crippen LogP contribution in [0.4, 0.5) is 4.79 Å². The van der Waals surface area contributed by atoms with Crippen LogP contribution in [-0.2, 0) is 9.53 Å². The third kappa shape index (κ3) is 2.76. The van der Waals surface area contributed by atoms with Crippen molar-refractivity contribution in [3.8, 4) is 0 Å². The van der Waals surface area contributed by atoms with E-state index >= 15 is 0 Å². The van der Waals surface area contributed by atoms with Gasteiger partial charge in [0, 0.05) is 6.04 Å². The number of carboxylic acid groups (broad SMARTS) is 1. The highest BCUT2D eigenvalue weighted by atomic mass is 16.6. The minimum atomic E-state index is -0.738. The Morgan fingerprint density at radius 3 is 2.39 bits per heavy atom. The molecule has 2 N–H and O–H groups in total. The van der Waals surface area contributed by atoms with Crippen LogP contribution in [0, 0.1) is 17.8 Å². The van der Waals surface area contributed by atoms with Gasteiger partial charge in [-0.05, 0) is 51.9 Å². The number of carbonyl (C=O) groups is 2. The Kier molecular flexibility index (Phi) is 3.25. The molecule has 0 unspecified atom stereocenters. The van der Waals surface area contributed by atoms with Crippen molar-refractivity contribution in [2.24, 2.45) is 17.8 Å². The zero-order valence-electron chi connectivity index (χ0n) is 11.1. The van der Waals surface area contributed by atoms with Gasteiger partial charge in [0.25, 0.3) is 0 Å². The van der Waals surface area contributed by atoms with Crippen molar-refractivity contribution in [3.63, 3.8) is 0 Å². The third-order valence-electron chi connectivity index (χ3n) is 3.83.